The Morgan fingerprint density at radius 1 is 1.33 bits per heavy atom. The van der Waals surface area contributed by atoms with Gasteiger partial charge in [-0.2, -0.15) is 13.2 Å². The first-order valence-corrected chi connectivity index (χ1v) is 8.15. The first-order chi connectivity index (χ1) is 10.8. The summed E-state index contributed by atoms with van der Waals surface area (Å²) < 4.78 is 75.1. The zero-order valence-corrected chi connectivity index (χ0v) is 13.7. The molecule has 136 valence electrons. The summed E-state index contributed by atoms with van der Waals surface area (Å²) in [6, 6.07) is 2.75. The molecular formula is C12H13ClF4N2O4S. The van der Waals surface area contributed by atoms with Crippen LogP contribution in [0.15, 0.2) is 23.1 Å². The summed E-state index contributed by atoms with van der Waals surface area (Å²) >= 11 is 5.73. The lowest BCUT2D eigenvalue weighted by Gasteiger charge is -2.25. The highest BCUT2D eigenvalue weighted by molar-refractivity contribution is 7.89. The van der Waals surface area contributed by atoms with E-state index in [-0.39, 0.29) is 22.5 Å². The molecular weight excluding hydrogens is 380 g/mol. The van der Waals surface area contributed by atoms with Crippen LogP contribution < -0.4 is 10.0 Å². The molecule has 0 saturated carbocycles. The Balaban J connectivity index is 3.04. The van der Waals surface area contributed by atoms with Crippen molar-refractivity contribution in [1.29, 1.82) is 0 Å². The van der Waals surface area contributed by atoms with Crippen LogP contribution in [0, 0.1) is 0 Å². The number of hydrogen-bond donors (Lipinski definition) is 3. The molecule has 12 heteroatoms. The van der Waals surface area contributed by atoms with Gasteiger partial charge in [0.05, 0.1) is 15.6 Å². The fourth-order valence-electron chi connectivity index (χ4n) is 1.39. The molecule has 0 aliphatic heterocycles. The third-order valence-corrected chi connectivity index (χ3v) is 4.65. The van der Waals surface area contributed by atoms with Crippen LogP contribution in [-0.2, 0) is 14.8 Å². The number of halogens is 5. The van der Waals surface area contributed by atoms with E-state index in [1.807, 2.05) is 4.72 Å². The number of aliphatic hydroxyl groups is 1. The Morgan fingerprint density at radius 2 is 1.92 bits per heavy atom. The molecule has 1 aromatic carbocycles. The van der Waals surface area contributed by atoms with Gasteiger partial charge in [0.25, 0.3) is 5.91 Å². The number of carbonyl (C=O) groups excluding carboxylic acids is 1. The highest BCUT2D eigenvalue weighted by atomic mass is 35.5. The van der Waals surface area contributed by atoms with Gasteiger partial charge in [-0.3, -0.25) is 4.79 Å². The van der Waals surface area contributed by atoms with E-state index in [1.165, 1.54) is 0 Å². The van der Waals surface area contributed by atoms with E-state index in [9.17, 15) is 35.9 Å². The van der Waals surface area contributed by atoms with Gasteiger partial charge in [0.15, 0.2) is 0 Å². The fourth-order valence-corrected chi connectivity index (χ4v) is 2.72. The van der Waals surface area contributed by atoms with E-state index in [4.69, 9.17) is 11.6 Å². The SMILES string of the molecule is C[C@@](O)(C(=O)Nc1ccc(S(=O)(=O)NCCF)cc1Cl)C(F)(F)F. The molecule has 0 aliphatic carbocycles. The second kappa shape index (κ2) is 7.21. The molecule has 3 N–H and O–H groups in total. The topological polar surface area (TPSA) is 95.5 Å². The molecule has 1 rings (SSSR count). The second-order valence-corrected chi connectivity index (χ2v) is 6.93. The Kier molecular flexibility index (Phi) is 6.20. The predicted octanol–water partition coefficient (Wildman–Crippen LogP) is 1.84. The Bertz CT molecular complexity index is 722. The smallest absolute Gasteiger partial charge is 0.373 e. The lowest BCUT2D eigenvalue weighted by molar-refractivity contribution is -0.242. The van der Waals surface area contributed by atoms with E-state index in [2.05, 4.69) is 0 Å². The maximum atomic E-state index is 12.6. The number of benzene rings is 1. The van der Waals surface area contributed by atoms with E-state index in [0.29, 0.717) is 0 Å². The number of nitrogens with one attached hydrogen (secondary N) is 2. The molecule has 0 saturated heterocycles. The van der Waals surface area contributed by atoms with E-state index >= 15 is 0 Å². The number of hydrogen-bond acceptors (Lipinski definition) is 4. The van der Waals surface area contributed by atoms with E-state index in [1.54, 1.807) is 5.32 Å². The Labute approximate surface area is 139 Å². The number of alkyl halides is 4. The summed E-state index contributed by atoms with van der Waals surface area (Å²) in [5.41, 5.74) is -4.00. The van der Waals surface area contributed by atoms with Gasteiger partial charge >= 0.3 is 6.18 Å². The first kappa shape index (κ1) is 20.6. The van der Waals surface area contributed by atoms with Crippen molar-refractivity contribution >= 4 is 33.2 Å². The average molecular weight is 393 g/mol. The van der Waals surface area contributed by atoms with Crippen molar-refractivity contribution in [3.8, 4) is 0 Å². The minimum Gasteiger partial charge on any atom is -0.373 e. The lowest BCUT2D eigenvalue weighted by Crippen LogP contribution is -2.52. The number of rotatable bonds is 6. The molecule has 0 heterocycles. The van der Waals surface area contributed by atoms with Gasteiger partial charge in [-0.15, -0.1) is 0 Å². The van der Waals surface area contributed by atoms with Crippen LogP contribution in [-0.4, -0.2) is 44.4 Å². The summed E-state index contributed by atoms with van der Waals surface area (Å²) in [6.07, 6.45) is -5.22. The van der Waals surface area contributed by atoms with Gasteiger partial charge in [0.1, 0.15) is 6.67 Å². The summed E-state index contributed by atoms with van der Waals surface area (Å²) in [5.74, 6) is -1.79. The molecule has 0 spiro atoms. The first-order valence-electron chi connectivity index (χ1n) is 6.28. The van der Waals surface area contributed by atoms with Gasteiger partial charge < -0.3 is 10.4 Å². The molecule has 1 aromatic rings. The van der Waals surface area contributed by atoms with E-state index < -0.39 is 40.9 Å². The normalized spacial score (nSPS) is 15.0. The average Bonchev–Trinajstić information content (AvgIpc) is 2.45. The van der Waals surface area contributed by atoms with Gasteiger partial charge in [0.2, 0.25) is 15.6 Å². The van der Waals surface area contributed by atoms with Crippen LogP contribution in [0.4, 0.5) is 23.2 Å². The molecule has 6 nitrogen and oxygen atoms in total. The van der Waals surface area contributed by atoms with Crippen molar-refractivity contribution in [2.24, 2.45) is 0 Å². The molecule has 0 radical (unpaired) electrons. The third-order valence-electron chi connectivity index (χ3n) is 2.88. The maximum absolute atomic E-state index is 12.6. The quantitative estimate of drug-likeness (QED) is 0.644. The maximum Gasteiger partial charge on any atom is 0.426 e. The second-order valence-electron chi connectivity index (χ2n) is 4.75. The Hall–Kier alpha value is -1.43. The van der Waals surface area contributed by atoms with Gasteiger partial charge in [-0.25, -0.2) is 17.5 Å². The zero-order chi connectivity index (χ0) is 18.8. The van der Waals surface area contributed by atoms with Crippen LogP contribution in [0.25, 0.3) is 0 Å². The van der Waals surface area contributed by atoms with Gasteiger partial charge in [-0.05, 0) is 25.1 Å². The standard InChI is InChI=1S/C12H13ClF4N2O4S/c1-11(21,12(15,16)17)10(20)19-9-3-2-7(6-8(9)13)24(22,23)18-5-4-14/h2-3,6,18,21H,4-5H2,1H3,(H,19,20)/t11-/m1/s1. The highest BCUT2D eigenvalue weighted by Gasteiger charge is 2.55. The summed E-state index contributed by atoms with van der Waals surface area (Å²) in [6.45, 7) is -1.14. The van der Waals surface area contributed by atoms with Crippen LogP contribution in [0.2, 0.25) is 5.02 Å². The van der Waals surface area contributed by atoms with Gasteiger partial charge in [-0.1, -0.05) is 11.6 Å². The van der Waals surface area contributed by atoms with Crippen molar-refractivity contribution in [1.82, 2.24) is 4.72 Å². The summed E-state index contributed by atoms with van der Waals surface area (Å²) in [7, 11) is -4.06. The fraction of sp³-hybridized carbons (Fsp3) is 0.417. The van der Waals surface area contributed by atoms with Gasteiger partial charge in [0, 0.05) is 6.54 Å². The number of anilines is 1. The van der Waals surface area contributed by atoms with Crippen molar-refractivity contribution < 1.29 is 35.9 Å². The van der Waals surface area contributed by atoms with Crippen LogP contribution in [0.5, 0.6) is 0 Å². The molecule has 0 unspecified atom stereocenters. The molecule has 24 heavy (non-hydrogen) atoms. The van der Waals surface area contributed by atoms with Crippen LogP contribution in [0.1, 0.15) is 6.92 Å². The number of amides is 1. The van der Waals surface area contributed by atoms with Crippen molar-refractivity contribution in [3.05, 3.63) is 23.2 Å². The molecule has 1 amide bonds. The molecule has 0 aliphatic rings. The highest BCUT2D eigenvalue weighted by Crippen LogP contribution is 2.32. The summed E-state index contributed by atoms with van der Waals surface area (Å²) in [5, 5.41) is 10.6. The monoisotopic (exact) mass is 392 g/mol. The lowest BCUT2D eigenvalue weighted by atomic mass is 10.1. The molecule has 0 aromatic heterocycles. The molecule has 1 atom stereocenters. The number of sulfonamides is 1. The van der Waals surface area contributed by atoms with Crippen molar-refractivity contribution in [2.45, 2.75) is 23.6 Å². The van der Waals surface area contributed by atoms with E-state index in [0.717, 1.165) is 18.2 Å². The van der Waals surface area contributed by atoms with Crippen molar-refractivity contribution in [3.63, 3.8) is 0 Å². The third kappa shape index (κ3) is 4.56. The van der Waals surface area contributed by atoms with Crippen LogP contribution in [0.3, 0.4) is 0 Å². The predicted molar refractivity (Wildman–Crippen MR) is 77.9 cm³/mol. The minimum absolute atomic E-state index is 0.260. The molecule has 0 fully saturated rings. The zero-order valence-electron chi connectivity index (χ0n) is 12.1. The summed E-state index contributed by atoms with van der Waals surface area (Å²) in [4.78, 5) is 11.2. The largest absolute Gasteiger partial charge is 0.426 e. The Morgan fingerprint density at radius 3 is 2.38 bits per heavy atom. The van der Waals surface area contributed by atoms with Crippen molar-refractivity contribution in [2.75, 3.05) is 18.5 Å². The number of carbonyl (C=O) groups is 1. The molecule has 0 bridgehead atoms. The van der Waals surface area contributed by atoms with Crippen LogP contribution >= 0.6 is 11.6 Å². The minimum atomic E-state index is -5.22.